The Morgan fingerprint density at radius 2 is 2.31 bits per heavy atom. The maximum Gasteiger partial charge on any atom is 0.325 e. The maximum atomic E-state index is 11.2. The van der Waals surface area contributed by atoms with Crippen molar-refractivity contribution in [3.63, 3.8) is 0 Å². The molecule has 0 N–H and O–H groups in total. The van der Waals surface area contributed by atoms with Gasteiger partial charge in [0.15, 0.2) is 0 Å². The number of aromatic nitrogens is 1. The van der Waals surface area contributed by atoms with Crippen molar-refractivity contribution in [3.05, 3.63) is 32.3 Å². The van der Waals surface area contributed by atoms with Crippen molar-refractivity contribution in [1.29, 1.82) is 0 Å². The maximum absolute atomic E-state index is 11.2. The van der Waals surface area contributed by atoms with E-state index in [0.717, 1.165) is 3.57 Å². The zero-order chi connectivity index (χ0) is 9.84. The molecule has 0 saturated heterocycles. The van der Waals surface area contributed by atoms with Crippen LogP contribution in [-0.2, 0) is 16.1 Å². The lowest BCUT2D eigenvalue weighted by Crippen LogP contribution is -2.23. The molecule has 0 aliphatic carbocycles. The molecule has 0 fully saturated rings. The first-order valence-electron chi connectivity index (χ1n) is 3.56. The molecule has 0 unspecified atom stereocenters. The topological polar surface area (TPSA) is 48.3 Å². The largest absolute Gasteiger partial charge is 0.468 e. The molecule has 1 aromatic heterocycles. The molecule has 0 aliphatic heterocycles. The molecule has 0 saturated carbocycles. The summed E-state index contributed by atoms with van der Waals surface area (Å²) in [6, 6.07) is 3.11. The molecule has 0 aliphatic rings. The molecule has 1 aromatic rings. The van der Waals surface area contributed by atoms with E-state index in [2.05, 4.69) is 27.3 Å². The Morgan fingerprint density at radius 1 is 1.62 bits per heavy atom. The van der Waals surface area contributed by atoms with Gasteiger partial charge in [0.1, 0.15) is 6.54 Å². The number of esters is 1. The molecule has 4 nitrogen and oxygen atoms in total. The molecule has 70 valence electrons. The highest BCUT2D eigenvalue weighted by Gasteiger charge is 2.03. The zero-order valence-electron chi connectivity index (χ0n) is 6.99. The molecule has 13 heavy (non-hydrogen) atoms. The number of halogens is 1. The van der Waals surface area contributed by atoms with Crippen LogP contribution in [0, 0.1) is 3.57 Å². The van der Waals surface area contributed by atoms with Crippen LogP contribution < -0.4 is 5.56 Å². The first-order chi connectivity index (χ1) is 6.13. The monoisotopic (exact) mass is 293 g/mol. The van der Waals surface area contributed by atoms with Gasteiger partial charge >= 0.3 is 5.97 Å². The Hall–Kier alpha value is -0.850. The van der Waals surface area contributed by atoms with Gasteiger partial charge in [-0.05, 0) is 28.7 Å². The summed E-state index contributed by atoms with van der Waals surface area (Å²) in [7, 11) is 1.29. The van der Waals surface area contributed by atoms with E-state index in [-0.39, 0.29) is 12.1 Å². The quantitative estimate of drug-likeness (QED) is 0.593. The van der Waals surface area contributed by atoms with Gasteiger partial charge in [0.2, 0.25) is 0 Å². The number of hydrogen-bond donors (Lipinski definition) is 0. The molecule has 0 aromatic carbocycles. The van der Waals surface area contributed by atoms with Crippen LogP contribution in [0.3, 0.4) is 0 Å². The number of carbonyl (C=O) groups is 1. The van der Waals surface area contributed by atoms with E-state index < -0.39 is 5.97 Å². The standard InChI is InChI=1S/C8H8INO3/c1-13-8(12)5-10-4-6(9)2-3-7(10)11/h2-4H,5H2,1H3. The summed E-state index contributed by atoms with van der Waals surface area (Å²) in [6.45, 7) is -0.0355. The van der Waals surface area contributed by atoms with Gasteiger partial charge in [0.05, 0.1) is 7.11 Å². The van der Waals surface area contributed by atoms with Crippen molar-refractivity contribution >= 4 is 28.6 Å². The van der Waals surface area contributed by atoms with Gasteiger partial charge < -0.3 is 9.30 Å². The van der Waals surface area contributed by atoms with Crippen molar-refractivity contribution < 1.29 is 9.53 Å². The zero-order valence-corrected chi connectivity index (χ0v) is 9.15. The van der Waals surface area contributed by atoms with E-state index in [9.17, 15) is 9.59 Å². The third-order valence-corrected chi connectivity index (χ3v) is 2.11. The lowest BCUT2D eigenvalue weighted by Gasteiger charge is -2.03. The van der Waals surface area contributed by atoms with E-state index in [4.69, 9.17) is 0 Å². The molecule has 5 heteroatoms. The van der Waals surface area contributed by atoms with Gasteiger partial charge in [0, 0.05) is 15.8 Å². The van der Waals surface area contributed by atoms with Crippen molar-refractivity contribution in [2.75, 3.05) is 7.11 Å². The molecule has 1 rings (SSSR count). The van der Waals surface area contributed by atoms with Gasteiger partial charge in [-0.15, -0.1) is 0 Å². The summed E-state index contributed by atoms with van der Waals surface area (Å²) in [5, 5.41) is 0. The first-order valence-corrected chi connectivity index (χ1v) is 4.64. The molecule has 1 heterocycles. The minimum atomic E-state index is -0.427. The third kappa shape index (κ3) is 2.83. The van der Waals surface area contributed by atoms with Gasteiger partial charge in [-0.1, -0.05) is 0 Å². The summed E-state index contributed by atoms with van der Waals surface area (Å²) >= 11 is 2.07. The van der Waals surface area contributed by atoms with E-state index in [1.54, 1.807) is 12.3 Å². The summed E-state index contributed by atoms with van der Waals surface area (Å²) in [5.74, 6) is -0.427. The Balaban J connectivity index is 2.94. The van der Waals surface area contributed by atoms with Crippen molar-refractivity contribution in [2.45, 2.75) is 6.54 Å². The average molecular weight is 293 g/mol. The fourth-order valence-corrected chi connectivity index (χ4v) is 1.35. The molecule has 0 atom stereocenters. The molecule has 0 spiro atoms. The second-order valence-electron chi connectivity index (χ2n) is 2.39. The summed E-state index contributed by atoms with van der Waals surface area (Å²) in [5.41, 5.74) is -0.203. The van der Waals surface area contributed by atoms with Crippen LogP contribution in [0.25, 0.3) is 0 Å². The number of methoxy groups -OCH3 is 1. The van der Waals surface area contributed by atoms with E-state index in [1.165, 1.54) is 17.7 Å². The molecule has 0 bridgehead atoms. The van der Waals surface area contributed by atoms with Crippen molar-refractivity contribution in [3.8, 4) is 0 Å². The summed E-state index contributed by atoms with van der Waals surface area (Å²) < 4.78 is 6.66. The minimum absolute atomic E-state index is 0.0355. The Bertz CT molecular complexity index is 372. The lowest BCUT2D eigenvalue weighted by atomic mass is 10.4. The highest BCUT2D eigenvalue weighted by Crippen LogP contribution is 1.99. The second-order valence-corrected chi connectivity index (χ2v) is 3.64. The van der Waals surface area contributed by atoms with Gasteiger partial charge in [-0.2, -0.15) is 0 Å². The molecular formula is C8H8INO3. The van der Waals surface area contributed by atoms with Crippen LogP contribution in [0.5, 0.6) is 0 Å². The third-order valence-electron chi connectivity index (χ3n) is 1.47. The van der Waals surface area contributed by atoms with E-state index >= 15 is 0 Å². The number of nitrogens with zero attached hydrogens (tertiary/aromatic N) is 1. The highest BCUT2D eigenvalue weighted by molar-refractivity contribution is 14.1. The van der Waals surface area contributed by atoms with Gasteiger partial charge in [0.25, 0.3) is 5.56 Å². The van der Waals surface area contributed by atoms with Crippen LogP contribution >= 0.6 is 22.6 Å². The summed E-state index contributed by atoms with van der Waals surface area (Å²) in [4.78, 5) is 22.0. The number of carbonyl (C=O) groups excluding carboxylic acids is 1. The van der Waals surface area contributed by atoms with Crippen LogP contribution in [0.15, 0.2) is 23.1 Å². The van der Waals surface area contributed by atoms with Gasteiger partial charge in [-0.25, -0.2) is 0 Å². The normalized spacial score (nSPS) is 9.69. The average Bonchev–Trinajstić information content (AvgIpc) is 2.11. The van der Waals surface area contributed by atoms with E-state index in [1.807, 2.05) is 0 Å². The van der Waals surface area contributed by atoms with Crippen molar-refractivity contribution in [1.82, 2.24) is 4.57 Å². The van der Waals surface area contributed by atoms with Crippen LogP contribution in [0.1, 0.15) is 0 Å². The van der Waals surface area contributed by atoms with Crippen LogP contribution in [-0.4, -0.2) is 17.6 Å². The van der Waals surface area contributed by atoms with Crippen molar-refractivity contribution in [2.24, 2.45) is 0 Å². The number of pyridine rings is 1. The van der Waals surface area contributed by atoms with Crippen LogP contribution in [0.2, 0.25) is 0 Å². The minimum Gasteiger partial charge on any atom is -0.468 e. The molecule has 0 radical (unpaired) electrons. The highest BCUT2D eigenvalue weighted by atomic mass is 127. The van der Waals surface area contributed by atoms with Gasteiger partial charge in [-0.3, -0.25) is 9.59 Å². The SMILES string of the molecule is COC(=O)Cn1cc(I)ccc1=O. The number of hydrogen-bond acceptors (Lipinski definition) is 3. The Kier molecular flexibility index (Phi) is 3.47. The predicted octanol–water partition coefficient (Wildman–Crippen LogP) is 0.626. The number of ether oxygens (including phenoxy) is 1. The fourth-order valence-electron chi connectivity index (χ4n) is 0.829. The Labute approximate surface area is 88.7 Å². The number of rotatable bonds is 2. The Morgan fingerprint density at radius 3 is 2.92 bits per heavy atom. The molecule has 0 amide bonds. The molecular weight excluding hydrogens is 285 g/mol. The lowest BCUT2D eigenvalue weighted by molar-refractivity contribution is -0.141. The predicted molar refractivity (Wildman–Crippen MR) is 55.4 cm³/mol. The van der Waals surface area contributed by atoms with Crippen LogP contribution in [0.4, 0.5) is 0 Å². The first kappa shape index (κ1) is 10.2. The second kappa shape index (κ2) is 4.40. The fraction of sp³-hybridized carbons (Fsp3) is 0.250. The summed E-state index contributed by atoms with van der Waals surface area (Å²) in [6.07, 6.45) is 1.61. The smallest absolute Gasteiger partial charge is 0.325 e. The van der Waals surface area contributed by atoms with E-state index in [0.29, 0.717) is 0 Å².